The standard InChI is InChI=1S/C16H22N6O/c1-12-5-4-8-22(15(12)9-17)16(23)14-11-21(20-19-14)10-13-6-2-3-7-18-13/h2-3,6-7,11-12,15H,4-5,8-10,17H2,1H3. The number of likely N-dealkylation sites (tertiary alicyclic amines) is 1. The molecule has 2 N–H and O–H groups in total. The molecule has 0 saturated carbocycles. The van der Waals surface area contributed by atoms with Gasteiger partial charge in [0.15, 0.2) is 5.69 Å². The zero-order valence-electron chi connectivity index (χ0n) is 13.3. The van der Waals surface area contributed by atoms with E-state index >= 15 is 0 Å². The van der Waals surface area contributed by atoms with Gasteiger partial charge >= 0.3 is 0 Å². The maximum Gasteiger partial charge on any atom is 0.276 e. The van der Waals surface area contributed by atoms with Crippen molar-refractivity contribution in [1.29, 1.82) is 0 Å². The minimum absolute atomic E-state index is 0.0807. The second kappa shape index (κ2) is 6.87. The molecule has 7 nitrogen and oxygen atoms in total. The predicted molar refractivity (Wildman–Crippen MR) is 85.6 cm³/mol. The lowest BCUT2D eigenvalue weighted by Gasteiger charge is -2.39. The Morgan fingerprint density at radius 1 is 1.43 bits per heavy atom. The number of hydrogen-bond donors (Lipinski definition) is 1. The second-order valence-corrected chi connectivity index (χ2v) is 6.04. The van der Waals surface area contributed by atoms with Crippen LogP contribution in [0.15, 0.2) is 30.6 Å². The molecule has 3 rings (SSSR count). The van der Waals surface area contributed by atoms with Crippen molar-refractivity contribution in [3.63, 3.8) is 0 Å². The van der Waals surface area contributed by atoms with Crippen LogP contribution in [0.5, 0.6) is 0 Å². The van der Waals surface area contributed by atoms with Gasteiger partial charge in [0, 0.05) is 25.3 Å². The summed E-state index contributed by atoms with van der Waals surface area (Å²) in [5, 5.41) is 8.08. The summed E-state index contributed by atoms with van der Waals surface area (Å²) in [7, 11) is 0. The maximum atomic E-state index is 12.7. The molecule has 2 atom stereocenters. The third-order valence-corrected chi connectivity index (χ3v) is 4.43. The number of nitrogens with zero attached hydrogens (tertiary/aromatic N) is 5. The summed E-state index contributed by atoms with van der Waals surface area (Å²) < 4.78 is 1.64. The van der Waals surface area contributed by atoms with Crippen molar-refractivity contribution in [3.05, 3.63) is 42.0 Å². The smallest absolute Gasteiger partial charge is 0.276 e. The van der Waals surface area contributed by atoms with Gasteiger partial charge in [-0.25, -0.2) is 4.68 Å². The van der Waals surface area contributed by atoms with Crippen LogP contribution in [0.2, 0.25) is 0 Å². The molecule has 2 aromatic rings. The third kappa shape index (κ3) is 3.39. The number of pyridine rings is 1. The van der Waals surface area contributed by atoms with Crippen molar-refractivity contribution < 1.29 is 4.79 Å². The van der Waals surface area contributed by atoms with Crippen LogP contribution in [0.1, 0.15) is 35.9 Å². The first-order valence-corrected chi connectivity index (χ1v) is 8.00. The molecule has 0 radical (unpaired) electrons. The summed E-state index contributed by atoms with van der Waals surface area (Å²) in [6.45, 7) is 3.86. The van der Waals surface area contributed by atoms with Gasteiger partial charge in [0.2, 0.25) is 0 Å². The largest absolute Gasteiger partial charge is 0.333 e. The monoisotopic (exact) mass is 314 g/mol. The lowest BCUT2D eigenvalue weighted by atomic mass is 9.90. The van der Waals surface area contributed by atoms with Gasteiger partial charge in [0.1, 0.15) is 0 Å². The topological polar surface area (TPSA) is 89.9 Å². The third-order valence-electron chi connectivity index (χ3n) is 4.43. The maximum absolute atomic E-state index is 12.7. The van der Waals surface area contributed by atoms with E-state index in [0.29, 0.717) is 24.7 Å². The molecule has 0 aromatic carbocycles. The first kappa shape index (κ1) is 15.6. The van der Waals surface area contributed by atoms with Gasteiger partial charge in [-0.05, 0) is 30.9 Å². The number of piperidine rings is 1. The molecular formula is C16H22N6O. The van der Waals surface area contributed by atoms with E-state index in [1.807, 2.05) is 23.1 Å². The molecular weight excluding hydrogens is 292 g/mol. The number of hydrogen-bond acceptors (Lipinski definition) is 5. The Labute approximate surface area is 135 Å². The van der Waals surface area contributed by atoms with E-state index in [-0.39, 0.29) is 11.9 Å². The molecule has 1 saturated heterocycles. The molecule has 3 heterocycles. The summed E-state index contributed by atoms with van der Waals surface area (Å²) in [4.78, 5) is 18.8. The average Bonchev–Trinajstić information content (AvgIpc) is 3.03. The fourth-order valence-electron chi connectivity index (χ4n) is 3.14. The summed E-state index contributed by atoms with van der Waals surface area (Å²) in [5.74, 6) is 0.334. The number of aromatic nitrogens is 4. The molecule has 0 spiro atoms. The zero-order chi connectivity index (χ0) is 16.2. The summed E-state index contributed by atoms with van der Waals surface area (Å²) in [6, 6.07) is 5.79. The van der Waals surface area contributed by atoms with E-state index in [2.05, 4.69) is 22.2 Å². The average molecular weight is 314 g/mol. The van der Waals surface area contributed by atoms with Gasteiger partial charge < -0.3 is 10.6 Å². The molecule has 7 heteroatoms. The minimum Gasteiger partial charge on any atom is -0.333 e. The van der Waals surface area contributed by atoms with Crippen LogP contribution < -0.4 is 5.73 Å². The number of amides is 1. The van der Waals surface area contributed by atoms with E-state index in [9.17, 15) is 4.79 Å². The Morgan fingerprint density at radius 2 is 2.30 bits per heavy atom. The van der Waals surface area contributed by atoms with E-state index in [1.54, 1.807) is 17.1 Å². The van der Waals surface area contributed by atoms with Crippen LogP contribution >= 0.6 is 0 Å². The Hall–Kier alpha value is -2.28. The van der Waals surface area contributed by atoms with E-state index < -0.39 is 0 Å². The van der Waals surface area contributed by atoms with Gasteiger partial charge in [-0.2, -0.15) is 0 Å². The lowest BCUT2D eigenvalue weighted by molar-refractivity contribution is 0.0526. The normalized spacial score (nSPS) is 21.4. The summed E-state index contributed by atoms with van der Waals surface area (Å²) >= 11 is 0. The summed E-state index contributed by atoms with van der Waals surface area (Å²) in [6.07, 6.45) is 5.53. The van der Waals surface area contributed by atoms with Crippen molar-refractivity contribution in [3.8, 4) is 0 Å². The van der Waals surface area contributed by atoms with Crippen molar-refractivity contribution in [2.24, 2.45) is 11.7 Å². The van der Waals surface area contributed by atoms with Crippen LogP contribution in [0.25, 0.3) is 0 Å². The zero-order valence-corrected chi connectivity index (χ0v) is 13.3. The molecule has 0 aliphatic carbocycles. The molecule has 1 aliphatic rings. The molecule has 2 aromatic heterocycles. The van der Waals surface area contributed by atoms with Gasteiger partial charge in [-0.3, -0.25) is 9.78 Å². The number of carbonyl (C=O) groups excluding carboxylic acids is 1. The Kier molecular flexibility index (Phi) is 4.66. The lowest BCUT2D eigenvalue weighted by Crippen LogP contribution is -2.51. The van der Waals surface area contributed by atoms with Crippen LogP contribution in [-0.2, 0) is 6.54 Å². The Bertz CT molecular complexity index is 656. The van der Waals surface area contributed by atoms with Gasteiger partial charge in [0.05, 0.1) is 18.4 Å². The van der Waals surface area contributed by atoms with Gasteiger partial charge in [0.25, 0.3) is 5.91 Å². The SMILES string of the molecule is CC1CCCN(C(=O)c2cn(Cc3ccccn3)nn2)C1CN. The first-order valence-electron chi connectivity index (χ1n) is 8.00. The van der Waals surface area contributed by atoms with Crippen molar-refractivity contribution in [2.45, 2.75) is 32.4 Å². The number of carbonyl (C=O) groups is 1. The highest BCUT2D eigenvalue weighted by Gasteiger charge is 2.32. The van der Waals surface area contributed by atoms with Crippen LogP contribution in [-0.4, -0.2) is 49.9 Å². The summed E-state index contributed by atoms with van der Waals surface area (Å²) in [5.41, 5.74) is 7.11. The Morgan fingerprint density at radius 3 is 3.04 bits per heavy atom. The van der Waals surface area contributed by atoms with Crippen molar-refractivity contribution in [1.82, 2.24) is 24.9 Å². The first-order chi connectivity index (χ1) is 11.2. The fraction of sp³-hybridized carbons (Fsp3) is 0.500. The molecule has 1 amide bonds. The van der Waals surface area contributed by atoms with Crippen LogP contribution in [0.3, 0.4) is 0 Å². The molecule has 0 bridgehead atoms. The van der Waals surface area contributed by atoms with Crippen LogP contribution in [0, 0.1) is 5.92 Å². The Balaban J connectivity index is 1.73. The molecule has 23 heavy (non-hydrogen) atoms. The highest BCUT2D eigenvalue weighted by atomic mass is 16.2. The van der Waals surface area contributed by atoms with Gasteiger partial charge in [-0.1, -0.05) is 18.2 Å². The minimum atomic E-state index is -0.0840. The number of rotatable bonds is 4. The number of nitrogens with two attached hydrogens (primary N) is 1. The van der Waals surface area contributed by atoms with Gasteiger partial charge in [-0.15, -0.1) is 5.10 Å². The molecule has 122 valence electrons. The van der Waals surface area contributed by atoms with Crippen molar-refractivity contribution in [2.75, 3.05) is 13.1 Å². The highest BCUT2D eigenvalue weighted by molar-refractivity contribution is 5.92. The predicted octanol–water partition coefficient (Wildman–Crippen LogP) is 0.921. The highest BCUT2D eigenvalue weighted by Crippen LogP contribution is 2.23. The van der Waals surface area contributed by atoms with Crippen LogP contribution in [0.4, 0.5) is 0 Å². The quantitative estimate of drug-likeness (QED) is 0.906. The van der Waals surface area contributed by atoms with Crippen molar-refractivity contribution >= 4 is 5.91 Å². The van der Waals surface area contributed by atoms with E-state index in [0.717, 1.165) is 25.1 Å². The molecule has 1 fully saturated rings. The van der Waals surface area contributed by atoms with E-state index in [1.165, 1.54) is 0 Å². The molecule has 2 unspecified atom stereocenters. The van der Waals surface area contributed by atoms with E-state index in [4.69, 9.17) is 5.73 Å². The molecule has 1 aliphatic heterocycles. The fourth-order valence-corrected chi connectivity index (χ4v) is 3.14. The second-order valence-electron chi connectivity index (χ2n) is 6.04.